The van der Waals surface area contributed by atoms with Crippen LogP contribution in [0.15, 0.2) is 17.3 Å². The van der Waals surface area contributed by atoms with Gasteiger partial charge < -0.3 is 5.73 Å². The lowest BCUT2D eigenvalue weighted by molar-refractivity contribution is 0.582. The van der Waals surface area contributed by atoms with E-state index in [2.05, 4.69) is 14.9 Å². The van der Waals surface area contributed by atoms with Crippen LogP contribution in [-0.4, -0.2) is 31.7 Å². The Morgan fingerprint density at radius 1 is 1.67 bits per heavy atom. The molecule has 12 heavy (non-hydrogen) atoms. The van der Waals surface area contributed by atoms with Gasteiger partial charge in [-0.3, -0.25) is 5.10 Å². The number of nitrogens with one attached hydrogen (secondary N) is 2. The van der Waals surface area contributed by atoms with E-state index in [9.17, 15) is 8.42 Å². The average molecular weight is 190 g/mol. The summed E-state index contributed by atoms with van der Waals surface area (Å²) in [7, 11) is -3.40. The lowest BCUT2D eigenvalue weighted by Gasteiger charge is -2.00. The van der Waals surface area contributed by atoms with E-state index in [1.807, 2.05) is 0 Å². The number of H-pyrrole nitrogens is 1. The Kier molecular flexibility index (Phi) is 2.79. The minimum Gasteiger partial charge on any atom is -0.329 e. The zero-order chi connectivity index (χ0) is 9.03. The third-order valence-electron chi connectivity index (χ3n) is 1.22. The van der Waals surface area contributed by atoms with Crippen molar-refractivity contribution in [2.45, 2.75) is 4.90 Å². The molecule has 0 atom stereocenters. The molecular weight excluding hydrogens is 180 g/mol. The van der Waals surface area contributed by atoms with Crippen LogP contribution in [0, 0.1) is 0 Å². The van der Waals surface area contributed by atoms with Gasteiger partial charge in [0, 0.05) is 19.3 Å². The molecule has 0 aliphatic carbocycles. The number of nitrogens with zero attached hydrogens (tertiary/aromatic N) is 1. The van der Waals surface area contributed by atoms with Crippen LogP contribution in [0.3, 0.4) is 0 Å². The Morgan fingerprint density at radius 2 is 2.42 bits per heavy atom. The highest BCUT2D eigenvalue weighted by Crippen LogP contribution is 2.02. The van der Waals surface area contributed by atoms with Gasteiger partial charge in [0.2, 0.25) is 10.0 Å². The molecule has 0 spiro atoms. The standard InChI is InChI=1S/C5H10N4O2S/c6-1-2-9-12(10,11)5-3-7-8-4-5/h3-4,9H,1-2,6H2,(H,7,8). The van der Waals surface area contributed by atoms with Crippen LogP contribution in [-0.2, 0) is 10.0 Å². The fraction of sp³-hybridized carbons (Fsp3) is 0.400. The number of rotatable bonds is 4. The molecule has 68 valence electrons. The zero-order valence-corrected chi connectivity index (χ0v) is 7.13. The van der Waals surface area contributed by atoms with Crippen molar-refractivity contribution in [3.63, 3.8) is 0 Å². The highest BCUT2D eigenvalue weighted by molar-refractivity contribution is 7.89. The zero-order valence-electron chi connectivity index (χ0n) is 6.32. The number of sulfonamides is 1. The van der Waals surface area contributed by atoms with Crippen molar-refractivity contribution in [2.24, 2.45) is 5.73 Å². The van der Waals surface area contributed by atoms with Gasteiger partial charge in [0.15, 0.2) is 0 Å². The van der Waals surface area contributed by atoms with E-state index < -0.39 is 10.0 Å². The molecule has 7 heteroatoms. The van der Waals surface area contributed by atoms with Gasteiger partial charge in [-0.15, -0.1) is 0 Å². The monoisotopic (exact) mass is 190 g/mol. The molecule has 0 saturated carbocycles. The lowest BCUT2D eigenvalue weighted by atomic mass is 10.7. The second-order valence-corrected chi connectivity index (χ2v) is 3.89. The third kappa shape index (κ3) is 2.03. The fourth-order valence-corrected chi connectivity index (χ4v) is 1.62. The maximum Gasteiger partial charge on any atom is 0.243 e. The predicted octanol–water partition coefficient (Wildman–Crippen LogP) is -1.35. The summed E-state index contributed by atoms with van der Waals surface area (Å²) in [5.41, 5.74) is 5.14. The van der Waals surface area contributed by atoms with Crippen molar-refractivity contribution in [3.05, 3.63) is 12.4 Å². The first-order valence-corrected chi connectivity index (χ1v) is 4.83. The SMILES string of the molecule is NCCNS(=O)(=O)c1cn[nH]c1. The number of hydrogen-bond donors (Lipinski definition) is 3. The van der Waals surface area contributed by atoms with E-state index in [4.69, 9.17) is 5.73 Å². The predicted molar refractivity (Wildman–Crippen MR) is 42.8 cm³/mol. The summed E-state index contributed by atoms with van der Waals surface area (Å²) in [5, 5.41) is 5.93. The Bertz CT molecular complexity index is 317. The highest BCUT2D eigenvalue weighted by atomic mass is 32.2. The first-order chi connectivity index (χ1) is 5.67. The molecule has 0 fully saturated rings. The maximum absolute atomic E-state index is 11.2. The first-order valence-electron chi connectivity index (χ1n) is 3.35. The van der Waals surface area contributed by atoms with E-state index >= 15 is 0 Å². The molecule has 1 aromatic heterocycles. The van der Waals surface area contributed by atoms with Crippen LogP contribution in [0.4, 0.5) is 0 Å². The minimum absolute atomic E-state index is 0.121. The Morgan fingerprint density at radius 3 is 2.92 bits per heavy atom. The molecule has 0 saturated heterocycles. The molecule has 0 aliphatic heterocycles. The van der Waals surface area contributed by atoms with Gasteiger partial charge in [0.05, 0.1) is 6.20 Å². The Labute approximate surface area is 70.2 Å². The molecule has 0 aliphatic rings. The highest BCUT2D eigenvalue weighted by Gasteiger charge is 2.12. The molecule has 1 aromatic rings. The molecule has 0 unspecified atom stereocenters. The molecule has 6 nitrogen and oxygen atoms in total. The quantitative estimate of drug-likeness (QED) is 0.546. The molecular formula is C5H10N4O2S. The van der Waals surface area contributed by atoms with Crippen LogP contribution < -0.4 is 10.5 Å². The van der Waals surface area contributed by atoms with Crippen molar-refractivity contribution in [1.29, 1.82) is 0 Å². The largest absolute Gasteiger partial charge is 0.329 e. The molecule has 1 heterocycles. The summed E-state index contributed by atoms with van der Waals surface area (Å²) in [6.07, 6.45) is 2.54. The van der Waals surface area contributed by atoms with Gasteiger partial charge in [-0.2, -0.15) is 5.10 Å². The van der Waals surface area contributed by atoms with Crippen molar-refractivity contribution in [3.8, 4) is 0 Å². The number of nitrogens with two attached hydrogens (primary N) is 1. The molecule has 1 rings (SSSR count). The Hall–Kier alpha value is -0.920. The lowest BCUT2D eigenvalue weighted by Crippen LogP contribution is -2.28. The summed E-state index contributed by atoms with van der Waals surface area (Å²) in [6, 6.07) is 0. The Balaban J connectivity index is 2.74. The van der Waals surface area contributed by atoms with Gasteiger partial charge in [-0.25, -0.2) is 13.1 Å². The van der Waals surface area contributed by atoms with Gasteiger partial charge in [0.1, 0.15) is 4.90 Å². The number of aromatic nitrogens is 2. The minimum atomic E-state index is -3.40. The normalized spacial score (nSPS) is 11.8. The van der Waals surface area contributed by atoms with Crippen LogP contribution in [0.1, 0.15) is 0 Å². The second-order valence-electron chi connectivity index (χ2n) is 2.12. The summed E-state index contributed by atoms with van der Waals surface area (Å²) >= 11 is 0. The van der Waals surface area contributed by atoms with Gasteiger partial charge >= 0.3 is 0 Å². The molecule has 0 radical (unpaired) electrons. The van der Waals surface area contributed by atoms with Crippen molar-refractivity contribution in [1.82, 2.24) is 14.9 Å². The molecule has 0 aromatic carbocycles. The molecule has 0 amide bonds. The van der Waals surface area contributed by atoms with E-state index in [0.29, 0.717) is 0 Å². The second kappa shape index (κ2) is 3.65. The molecule has 0 bridgehead atoms. The van der Waals surface area contributed by atoms with E-state index in [0.717, 1.165) is 0 Å². The topological polar surface area (TPSA) is 101 Å². The van der Waals surface area contributed by atoms with Crippen LogP contribution in [0.2, 0.25) is 0 Å². The number of hydrogen-bond acceptors (Lipinski definition) is 4. The van der Waals surface area contributed by atoms with E-state index in [1.54, 1.807) is 0 Å². The third-order valence-corrected chi connectivity index (χ3v) is 2.65. The summed E-state index contributed by atoms with van der Waals surface area (Å²) in [4.78, 5) is 0.121. The summed E-state index contributed by atoms with van der Waals surface area (Å²) in [6.45, 7) is 0.505. The first kappa shape index (κ1) is 9.17. The number of aromatic amines is 1. The fourth-order valence-electron chi connectivity index (χ4n) is 0.663. The van der Waals surface area contributed by atoms with Gasteiger partial charge in [-0.1, -0.05) is 0 Å². The van der Waals surface area contributed by atoms with Crippen molar-refractivity contribution < 1.29 is 8.42 Å². The maximum atomic E-state index is 11.2. The van der Waals surface area contributed by atoms with E-state index in [-0.39, 0.29) is 18.0 Å². The van der Waals surface area contributed by atoms with Crippen LogP contribution in [0.25, 0.3) is 0 Å². The molecule has 4 N–H and O–H groups in total. The van der Waals surface area contributed by atoms with Crippen LogP contribution >= 0.6 is 0 Å². The van der Waals surface area contributed by atoms with Crippen LogP contribution in [0.5, 0.6) is 0 Å². The smallest absolute Gasteiger partial charge is 0.243 e. The summed E-state index contributed by atoms with van der Waals surface area (Å²) in [5.74, 6) is 0. The van der Waals surface area contributed by atoms with E-state index in [1.165, 1.54) is 12.4 Å². The van der Waals surface area contributed by atoms with Crippen molar-refractivity contribution >= 4 is 10.0 Å². The van der Waals surface area contributed by atoms with Crippen molar-refractivity contribution in [2.75, 3.05) is 13.1 Å². The average Bonchev–Trinajstić information content (AvgIpc) is 2.53. The van der Waals surface area contributed by atoms with Gasteiger partial charge in [-0.05, 0) is 0 Å². The van der Waals surface area contributed by atoms with Gasteiger partial charge in [0.25, 0.3) is 0 Å². The summed E-state index contributed by atoms with van der Waals surface area (Å²) < 4.78 is 24.7.